The second-order valence-corrected chi connectivity index (χ2v) is 9.34. The number of nitrogens with zero attached hydrogens (tertiary/aromatic N) is 3. The van der Waals surface area contributed by atoms with E-state index in [9.17, 15) is 4.79 Å². The van der Waals surface area contributed by atoms with Crippen molar-refractivity contribution in [2.45, 2.75) is 65.8 Å². The van der Waals surface area contributed by atoms with E-state index >= 15 is 0 Å². The molecule has 0 aliphatic carbocycles. The Kier molecular flexibility index (Phi) is 10.5. The largest absolute Gasteiger partial charge is 0.396 e. The molecule has 2 aromatic carbocycles. The molecule has 0 radical (unpaired) electrons. The van der Waals surface area contributed by atoms with Crippen LogP contribution in [0.15, 0.2) is 71.4 Å². The first-order valence-corrected chi connectivity index (χ1v) is 13.1. The van der Waals surface area contributed by atoms with Gasteiger partial charge in [-0.1, -0.05) is 80.4 Å². The number of hydrogen-bond acceptors (Lipinski definition) is 4. The molecule has 3 rings (SSSR count). The predicted molar refractivity (Wildman–Crippen MR) is 146 cm³/mol. The zero-order valence-corrected chi connectivity index (χ0v) is 21.9. The van der Waals surface area contributed by atoms with E-state index in [-0.39, 0.29) is 11.9 Å². The van der Waals surface area contributed by atoms with Gasteiger partial charge in [0.05, 0.1) is 11.8 Å². The Hall–Kier alpha value is -2.92. The number of unbranched alkanes of at least 4 members (excludes halogenated alkanes) is 2. The van der Waals surface area contributed by atoms with Crippen LogP contribution in [-0.4, -0.2) is 42.8 Å². The maximum atomic E-state index is 13.2. The van der Waals surface area contributed by atoms with Gasteiger partial charge in [0.15, 0.2) is 0 Å². The fourth-order valence-corrected chi connectivity index (χ4v) is 4.48. The molecule has 1 fully saturated rings. The lowest BCUT2D eigenvalue weighted by Gasteiger charge is -2.43. The molecule has 0 spiro atoms. The average Bonchev–Trinajstić information content (AvgIpc) is 2.87. The van der Waals surface area contributed by atoms with Gasteiger partial charge in [0.1, 0.15) is 6.61 Å². The van der Waals surface area contributed by atoms with E-state index in [1.807, 2.05) is 67.3 Å². The number of hydrogen-bond donors (Lipinski definition) is 0. The van der Waals surface area contributed by atoms with Crippen LogP contribution in [0.4, 0.5) is 5.69 Å². The summed E-state index contributed by atoms with van der Waals surface area (Å²) < 4.78 is 0. The first-order chi connectivity index (χ1) is 17.1. The van der Waals surface area contributed by atoms with Crippen molar-refractivity contribution in [2.75, 3.05) is 31.1 Å². The van der Waals surface area contributed by atoms with Crippen LogP contribution in [0.3, 0.4) is 0 Å². The maximum Gasteiger partial charge on any atom is 0.257 e. The summed E-state index contributed by atoms with van der Waals surface area (Å²) in [6.45, 7) is 12.4. The number of oxime groups is 1. The molecular weight excluding hydrogens is 434 g/mol. The van der Waals surface area contributed by atoms with E-state index in [2.05, 4.69) is 36.0 Å². The standard InChI is InChI=1S/C30H41N3O2/c1-5-7-19-32(20-8-6-2)21-14-22-35-31-25(4)23-27-29(26-16-10-9-11-17-26)33(30(27)34)28-18-13-12-15-24(28)3/h9-13,15-18,23,29H,5-8,14,19-22H2,1-4H3/b27-23+,31-25?. The summed E-state index contributed by atoms with van der Waals surface area (Å²) >= 11 is 0. The number of benzene rings is 2. The van der Waals surface area contributed by atoms with E-state index in [1.54, 1.807) is 0 Å². The quantitative estimate of drug-likeness (QED) is 0.100. The molecule has 0 N–H and O–H groups in total. The summed E-state index contributed by atoms with van der Waals surface area (Å²) in [6, 6.07) is 18.1. The van der Waals surface area contributed by atoms with Crippen molar-refractivity contribution in [3.05, 3.63) is 77.4 Å². The van der Waals surface area contributed by atoms with Crippen molar-refractivity contribution < 1.29 is 9.63 Å². The van der Waals surface area contributed by atoms with Crippen LogP contribution < -0.4 is 4.90 Å². The summed E-state index contributed by atoms with van der Waals surface area (Å²) in [5.74, 6) is 0.0187. The lowest BCUT2D eigenvalue weighted by atomic mass is 9.86. The molecule has 5 heteroatoms. The van der Waals surface area contributed by atoms with E-state index in [0.29, 0.717) is 12.3 Å². The molecule has 35 heavy (non-hydrogen) atoms. The van der Waals surface area contributed by atoms with Crippen LogP contribution in [0.5, 0.6) is 0 Å². The molecule has 1 amide bonds. The highest BCUT2D eigenvalue weighted by Gasteiger charge is 2.44. The Balaban J connectivity index is 1.63. The topological polar surface area (TPSA) is 45.1 Å². The summed E-state index contributed by atoms with van der Waals surface area (Å²) in [5, 5.41) is 4.30. The molecule has 188 valence electrons. The first kappa shape index (κ1) is 26.7. The van der Waals surface area contributed by atoms with Crippen LogP contribution in [0, 0.1) is 6.92 Å². The third kappa shape index (κ3) is 7.28. The van der Waals surface area contributed by atoms with Crippen LogP contribution in [0.1, 0.15) is 70.0 Å². The first-order valence-electron chi connectivity index (χ1n) is 13.1. The van der Waals surface area contributed by atoms with Gasteiger partial charge in [0.2, 0.25) is 0 Å². The summed E-state index contributed by atoms with van der Waals surface area (Å²) in [5.41, 5.74) is 4.59. The van der Waals surface area contributed by atoms with Crippen LogP contribution in [-0.2, 0) is 9.63 Å². The lowest BCUT2D eigenvalue weighted by Crippen LogP contribution is -2.49. The molecule has 1 unspecified atom stereocenters. The third-order valence-electron chi connectivity index (χ3n) is 6.45. The predicted octanol–water partition coefficient (Wildman–Crippen LogP) is 6.69. The van der Waals surface area contributed by atoms with Gasteiger partial charge < -0.3 is 9.74 Å². The normalized spacial score (nSPS) is 17.2. The van der Waals surface area contributed by atoms with Gasteiger partial charge in [0.25, 0.3) is 5.91 Å². The van der Waals surface area contributed by atoms with E-state index in [1.165, 1.54) is 25.7 Å². The van der Waals surface area contributed by atoms with Crippen LogP contribution >= 0.6 is 0 Å². The van der Waals surface area contributed by atoms with Crippen LogP contribution in [0.2, 0.25) is 0 Å². The minimum atomic E-state index is -0.124. The Morgan fingerprint density at radius 1 is 0.971 bits per heavy atom. The van der Waals surface area contributed by atoms with Gasteiger partial charge >= 0.3 is 0 Å². The lowest BCUT2D eigenvalue weighted by molar-refractivity contribution is -0.119. The minimum absolute atomic E-state index is 0.0187. The van der Waals surface area contributed by atoms with Gasteiger partial charge in [-0.05, 0) is 69.5 Å². The molecule has 1 aliphatic rings. The number of carbonyl (C=O) groups is 1. The molecule has 1 aliphatic heterocycles. The minimum Gasteiger partial charge on any atom is -0.396 e. The van der Waals surface area contributed by atoms with Gasteiger partial charge in [-0.25, -0.2) is 0 Å². The Bertz CT molecular complexity index is 992. The number of para-hydroxylation sites is 1. The molecule has 0 bridgehead atoms. The van der Waals surface area contributed by atoms with Crippen molar-refractivity contribution in [3.63, 3.8) is 0 Å². The summed E-state index contributed by atoms with van der Waals surface area (Å²) in [4.78, 5) is 23.3. The van der Waals surface area contributed by atoms with Crippen molar-refractivity contribution in [1.29, 1.82) is 0 Å². The number of β-lactam (4-membered cyclic amide) rings is 1. The van der Waals surface area contributed by atoms with Gasteiger partial charge in [-0.2, -0.15) is 0 Å². The zero-order valence-electron chi connectivity index (χ0n) is 21.9. The molecular formula is C30H41N3O2. The number of allylic oxidation sites excluding steroid dienone is 1. The number of carbonyl (C=O) groups excluding carboxylic acids is 1. The van der Waals surface area contributed by atoms with Crippen molar-refractivity contribution in [3.8, 4) is 0 Å². The Morgan fingerprint density at radius 2 is 1.60 bits per heavy atom. The molecule has 0 aromatic heterocycles. The van der Waals surface area contributed by atoms with Crippen LogP contribution in [0.25, 0.3) is 0 Å². The molecule has 0 saturated carbocycles. The van der Waals surface area contributed by atoms with Crippen molar-refractivity contribution in [1.82, 2.24) is 4.90 Å². The maximum absolute atomic E-state index is 13.2. The van der Waals surface area contributed by atoms with Gasteiger partial charge in [-0.3, -0.25) is 9.69 Å². The summed E-state index contributed by atoms with van der Waals surface area (Å²) in [6.07, 6.45) is 7.76. The Morgan fingerprint density at radius 3 is 2.26 bits per heavy atom. The summed E-state index contributed by atoms with van der Waals surface area (Å²) in [7, 11) is 0. The van der Waals surface area contributed by atoms with E-state index in [0.717, 1.165) is 48.4 Å². The molecule has 1 atom stereocenters. The number of amides is 1. The molecule has 2 aromatic rings. The number of rotatable bonds is 14. The second kappa shape index (κ2) is 13.8. The SMILES string of the molecule is CCCCN(CCCC)CCCON=C(C)/C=C1/C(=O)N(c2ccccc2C)C1c1ccccc1. The zero-order chi connectivity index (χ0) is 25.0. The molecule has 1 heterocycles. The second-order valence-electron chi connectivity index (χ2n) is 9.34. The van der Waals surface area contributed by atoms with Crippen molar-refractivity contribution >= 4 is 17.3 Å². The smallest absolute Gasteiger partial charge is 0.257 e. The fourth-order valence-electron chi connectivity index (χ4n) is 4.48. The van der Waals surface area contributed by atoms with Gasteiger partial charge in [0, 0.05) is 17.8 Å². The fraction of sp³-hybridized carbons (Fsp3) is 0.467. The van der Waals surface area contributed by atoms with E-state index in [4.69, 9.17) is 4.84 Å². The Labute approximate surface area is 211 Å². The van der Waals surface area contributed by atoms with Gasteiger partial charge in [-0.15, -0.1) is 0 Å². The van der Waals surface area contributed by atoms with Crippen molar-refractivity contribution in [2.24, 2.45) is 5.16 Å². The number of anilines is 1. The number of aryl methyl sites for hydroxylation is 1. The highest BCUT2D eigenvalue weighted by atomic mass is 16.6. The molecule has 5 nitrogen and oxygen atoms in total. The van der Waals surface area contributed by atoms with E-state index < -0.39 is 0 Å². The highest BCUT2D eigenvalue weighted by Crippen LogP contribution is 2.44. The monoisotopic (exact) mass is 475 g/mol. The third-order valence-corrected chi connectivity index (χ3v) is 6.45. The molecule has 1 saturated heterocycles. The average molecular weight is 476 g/mol. The highest BCUT2D eigenvalue weighted by molar-refractivity contribution is 6.18.